The van der Waals surface area contributed by atoms with Crippen molar-refractivity contribution in [3.63, 3.8) is 0 Å². The molecule has 25 heavy (non-hydrogen) atoms. The summed E-state index contributed by atoms with van der Waals surface area (Å²) in [6.07, 6.45) is 0. The van der Waals surface area contributed by atoms with E-state index in [0.717, 1.165) is 17.1 Å². The van der Waals surface area contributed by atoms with Crippen molar-refractivity contribution in [2.45, 2.75) is 5.03 Å². The Morgan fingerprint density at radius 2 is 2.08 bits per heavy atom. The first-order valence-corrected chi connectivity index (χ1v) is 8.65. The second-order valence-corrected chi connectivity index (χ2v) is 6.42. The van der Waals surface area contributed by atoms with Crippen molar-refractivity contribution in [2.24, 2.45) is 0 Å². The number of hydrogen-bond donors (Lipinski definition) is 2. The van der Waals surface area contributed by atoms with Crippen LogP contribution in [0.5, 0.6) is 5.75 Å². The number of aliphatic carboxylic acids is 1. The van der Waals surface area contributed by atoms with Gasteiger partial charge in [-0.25, -0.2) is 9.97 Å². The van der Waals surface area contributed by atoms with E-state index in [4.69, 9.17) is 21.4 Å². The number of nitrogens with zero attached hydrogens (tertiary/aromatic N) is 2. The first-order chi connectivity index (χ1) is 12.1. The fraction of sp³-hybridized carbons (Fsp3) is 0.118. The van der Waals surface area contributed by atoms with Crippen LogP contribution in [0.25, 0.3) is 10.9 Å². The second kappa shape index (κ2) is 7.58. The average molecular weight is 376 g/mol. The number of fused-ring (bicyclic) bond motifs is 1. The molecule has 1 aromatic heterocycles. The molecule has 3 rings (SSSR count). The zero-order valence-corrected chi connectivity index (χ0v) is 14.8. The third kappa shape index (κ3) is 4.12. The van der Waals surface area contributed by atoms with Gasteiger partial charge in [0.15, 0.2) is 0 Å². The minimum atomic E-state index is -0.904. The normalized spacial score (nSPS) is 10.6. The summed E-state index contributed by atoms with van der Waals surface area (Å²) in [4.78, 5) is 19.8. The van der Waals surface area contributed by atoms with Gasteiger partial charge in [-0.05, 0) is 24.3 Å². The summed E-state index contributed by atoms with van der Waals surface area (Å²) in [5, 5.41) is 14.0. The zero-order valence-electron chi connectivity index (χ0n) is 13.2. The van der Waals surface area contributed by atoms with Crippen LogP contribution in [-0.2, 0) is 4.79 Å². The number of anilines is 2. The molecule has 0 aliphatic rings. The molecule has 128 valence electrons. The summed E-state index contributed by atoms with van der Waals surface area (Å²) in [7, 11) is 1.56. The van der Waals surface area contributed by atoms with E-state index in [1.165, 1.54) is 0 Å². The molecule has 0 aliphatic carbocycles. The van der Waals surface area contributed by atoms with Crippen molar-refractivity contribution in [1.29, 1.82) is 0 Å². The van der Waals surface area contributed by atoms with E-state index in [2.05, 4.69) is 15.3 Å². The molecule has 0 spiro atoms. The SMILES string of the molecule is COc1ccc(Cl)cc1Nc1nc(SCC(=O)O)c2ccccc2n1. The van der Waals surface area contributed by atoms with Gasteiger partial charge in [0, 0.05) is 10.4 Å². The van der Waals surface area contributed by atoms with Crippen LogP contribution in [0.1, 0.15) is 0 Å². The van der Waals surface area contributed by atoms with Crippen LogP contribution in [0, 0.1) is 0 Å². The molecule has 2 N–H and O–H groups in total. The number of carbonyl (C=O) groups is 1. The molecule has 0 fully saturated rings. The van der Waals surface area contributed by atoms with Crippen molar-refractivity contribution >= 4 is 51.9 Å². The van der Waals surface area contributed by atoms with Crippen LogP contribution in [0.4, 0.5) is 11.6 Å². The van der Waals surface area contributed by atoms with Crippen LogP contribution < -0.4 is 10.1 Å². The van der Waals surface area contributed by atoms with E-state index < -0.39 is 5.97 Å². The molecule has 0 radical (unpaired) electrons. The van der Waals surface area contributed by atoms with Gasteiger partial charge in [0.2, 0.25) is 5.95 Å². The zero-order chi connectivity index (χ0) is 17.8. The Bertz CT molecular complexity index is 936. The number of thioether (sulfide) groups is 1. The standard InChI is InChI=1S/C17H14ClN3O3S/c1-24-14-7-6-10(18)8-13(14)20-17-19-12-5-3-2-4-11(12)16(21-17)25-9-15(22)23/h2-8H,9H2,1H3,(H,22,23)(H,19,20,21). The predicted octanol–water partition coefficient (Wildman–Crippen LogP) is 4.21. The molecule has 6 nitrogen and oxygen atoms in total. The molecule has 0 unspecified atom stereocenters. The monoisotopic (exact) mass is 375 g/mol. The van der Waals surface area contributed by atoms with Crippen molar-refractivity contribution in [3.05, 3.63) is 47.5 Å². The first-order valence-electron chi connectivity index (χ1n) is 7.29. The quantitative estimate of drug-likeness (QED) is 0.493. The highest BCUT2D eigenvalue weighted by Crippen LogP contribution is 2.32. The summed E-state index contributed by atoms with van der Waals surface area (Å²) in [6.45, 7) is 0. The Labute approximate surface area is 153 Å². The van der Waals surface area contributed by atoms with E-state index in [9.17, 15) is 4.79 Å². The van der Waals surface area contributed by atoms with Crippen LogP contribution in [0.3, 0.4) is 0 Å². The minimum absolute atomic E-state index is 0.0824. The Kier molecular flexibility index (Phi) is 5.25. The maximum atomic E-state index is 10.9. The van der Waals surface area contributed by atoms with Crippen LogP contribution in [-0.4, -0.2) is 33.9 Å². The third-order valence-corrected chi connectivity index (χ3v) is 4.52. The van der Waals surface area contributed by atoms with Crippen molar-refractivity contribution in [2.75, 3.05) is 18.2 Å². The summed E-state index contributed by atoms with van der Waals surface area (Å²) >= 11 is 7.19. The topological polar surface area (TPSA) is 84.3 Å². The number of para-hydroxylation sites is 1. The largest absolute Gasteiger partial charge is 0.495 e. The number of benzene rings is 2. The van der Waals surface area contributed by atoms with Gasteiger partial charge in [0.1, 0.15) is 10.8 Å². The maximum Gasteiger partial charge on any atom is 0.313 e. The van der Waals surface area contributed by atoms with Gasteiger partial charge in [-0.2, -0.15) is 0 Å². The molecule has 2 aromatic carbocycles. The van der Waals surface area contributed by atoms with Gasteiger partial charge in [-0.3, -0.25) is 4.79 Å². The summed E-state index contributed by atoms with van der Waals surface area (Å²) < 4.78 is 5.31. The Hall–Kier alpha value is -2.51. The molecule has 1 heterocycles. The van der Waals surface area contributed by atoms with Crippen molar-refractivity contribution in [3.8, 4) is 5.75 Å². The molecule has 8 heteroatoms. The molecule has 0 atom stereocenters. The van der Waals surface area contributed by atoms with Gasteiger partial charge in [0.25, 0.3) is 0 Å². The number of hydrogen-bond acceptors (Lipinski definition) is 6. The van der Waals surface area contributed by atoms with Crippen molar-refractivity contribution in [1.82, 2.24) is 9.97 Å². The van der Waals surface area contributed by atoms with E-state index >= 15 is 0 Å². The van der Waals surface area contributed by atoms with Crippen LogP contribution in [0.15, 0.2) is 47.5 Å². The molecule has 3 aromatic rings. The number of carboxylic acids is 1. The van der Waals surface area contributed by atoms with Gasteiger partial charge >= 0.3 is 5.97 Å². The Balaban J connectivity index is 2.02. The average Bonchev–Trinajstić information content (AvgIpc) is 2.60. The minimum Gasteiger partial charge on any atom is -0.495 e. The van der Waals surface area contributed by atoms with Gasteiger partial charge in [-0.15, -0.1) is 0 Å². The van der Waals surface area contributed by atoms with Crippen molar-refractivity contribution < 1.29 is 14.6 Å². The Morgan fingerprint density at radius 3 is 2.84 bits per heavy atom. The molecular weight excluding hydrogens is 362 g/mol. The number of carboxylic acid groups (broad SMARTS) is 1. The van der Waals surface area contributed by atoms with E-state index in [1.807, 2.05) is 24.3 Å². The lowest BCUT2D eigenvalue weighted by atomic mass is 10.2. The highest BCUT2D eigenvalue weighted by atomic mass is 35.5. The fourth-order valence-corrected chi connectivity index (χ4v) is 3.15. The lowest BCUT2D eigenvalue weighted by Crippen LogP contribution is -2.03. The van der Waals surface area contributed by atoms with E-state index in [-0.39, 0.29) is 5.75 Å². The fourth-order valence-electron chi connectivity index (χ4n) is 2.24. The van der Waals surface area contributed by atoms with Crippen LogP contribution >= 0.6 is 23.4 Å². The van der Waals surface area contributed by atoms with E-state index in [1.54, 1.807) is 25.3 Å². The molecule has 0 saturated carbocycles. The first kappa shape index (κ1) is 17.3. The van der Waals surface area contributed by atoms with E-state index in [0.29, 0.717) is 33.0 Å². The van der Waals surface area contributed by atoms with Gasteiger partial charge < -0.3 is 15.2 Å². The number of halogens is 1. The number of aromatic nitrogens is 2. The van der Waals surface area contributed by atoms with Gasteiger partial charge in [-0.1, -0.05) is 41.6 Å². The number of nitrogens with one attached hydrogen (secondary N) is 1. The molecule has 0 bridgehead atoms. The molecule has 0 aliphatic heterocycles. The number of ether oxygens (including phenoxy) is 1. The molecule has 0 saturated heterocycles. The molecule has 0 amide bonds. The lowest BCUT2D eigenvalue weighted by Gasteiger charge is -2.12. The lowest BCUT2D eigenvalue weighted by molar-refractivity contribution is -0.133. The smallest absolute Gasteiger partial charge is 0.313 e. The number of methoxy groups -OCH3 is 1. The highest BCUT2D eigenvalue weighted by Gasteiger charge is 2.12. The summed E-state index contributed by atoms with van der Waals surface area (Å²) in [6, 6.07) is 12.6. The van der Waals surface area contributed by atoms with Gasteiger partial charge in [0.05, 0.1) is 24.1 Å². The highest BCUT2D eigenvalue weighted by molar-refractivity contribution is 8.00. The second-order valence-electron chi connectivity index (χ2n) is 5.02. The summed E-state index contributed by atoms with van der Waals surface area (Å²) in [5.41, 5.74) is 1.34. The summed E-state index contributed by atoms with van der Waals surface area (Å²) in [5.74, 6) is -0.0484. The third-order valence-electron chi connectivity index (χ3n) is 3.31. The van der Waals surface area contributed by atoms with Crippen LogP contribution in [0.2, 0.25) is 5.02 Å². The number of rotatable bonds is 6. The molecular formula is C17H14ClN3O3S. The Morgan fingerprint density at radius 1 is 1.28 bits per heavy atom. The maximum absolute atomic E-state index is 10.9. The predicted molar refractivity (Wildman–Crippen MR) is 99.2 cm³/mol.